The van der Waals surface area contributed by atoms with Crippen LogP contribution in [-0.2, 0) is 24.2 Å². The molecule has 0 aromatic carbocycles. The summed E-state index contributed by atoms with van der Waals surface area (Å²) in [5.41, 5.74) is 1.58. The van der Waals surface area contributed by atoms with Crippen LogP contribution < -0.4 is 5.32 Å². The Morgan fingerprint density at radius 3 is 3.05 bits per heavy atom. The maximum atomic E-state index is 10.8. The van der Waals surface area contributed by atoms with Gasteiger partial charge in [0.05, 0.1) is 12.1 Å². The molecule has 106 valence electrons. The molecule has 0 fully saturated rings. The van der Waals surface area contributed by atoms with E-state index < -0.39 is 5.97 Å². The first-order valence-corrected chi connectivity index (χ1v) is 6.46. The summed E-state index contributed by atoms with van der Waals surface area (Å²) in [6.07, 6.45) is 5.53. The van der Waals surface area contributed by atoms with Crippen molar-refractivity contribution in [2.45, 2.75) is 26.3 Å². The van der Waals surface area contributed by atoms with Crippen molar-refractivity contribution in [1.29, 1.82) is 0 Å². The second-order valence-corrected chi connectivity index (χ2v) is 4.31. The molecule has 0 bridgehead atoms. The number of hydrogen-bond acceptors (Lipinski definition) is 5. The zero-order valence-electron chi connectivity index (χ0n) is 11.3. The van der Waals surface area contributed by atoms with Gasteiger partial charge >= 0.3 is 5.97 Å². The zero-order valence-corrected chi connectivity index (χ0v) is 11.3. The Morgan fingerprint density at radius 1 is 1.50 bits per heavy atom. The highest BCUT2D eigenvalue weighted by atomic mass is 16.4. The van der Waals surface area contributed by atoms with Crippen LogP contribution in [0.25, 0.3) is 0 Å². The van der Waals surface area contributed by atoms with Crippen LogP contribution in [0.2, 0.25) is 0 Å². The number of aryl methyl sites for hydroxylation is 1. The summed E-state index contributed by atoms with van der Waals surface area (Å²) in [5, 5.41) is 16.3. The summed E-state index contributed by atoms with van der Waals surface area (Å²) in [7, 11) is 0. The Morgan fingerprint density at radius 2 is 2.35 bits per heavy atom. The second-order valence-electron chi connectivity index (χ2n) is 4.31. The highest BCUT2D eigenvalue weighted by Crippen LogP contribution is 2.10. The Kier molecular flexibility index (Phi) is 4.65. The van der Waals surface area contributed by atoms with E-state index in [1.807, 2.05) is 23.9 Å². The number of rotatable bonds is 7. The Balaban J connectivity index is 1.92. The molecule has 2 rings (SSSR count). The molecule has 0 aliphatic carbocycles. The van der Waals surface area contributed by atoms with E-state index in [0.717, 1.165) is 18.7 Å². The molecule has 0 aliphatic heterocycles. The Bertz CT molecular complexity index is 582. The van der Waals surface area contributed by atoms with Crippen LogP contribution in [0.3, 0.4) is 0 Å². The zero-order chi connectivity index (χ0) is 14.4. The summed E-state index contributed by atoms with van der Waals surface area (Å²) < 4.78 is 1.87. The summed E-state index contributed by atoms with van der Waals surface area (Å²) in [4.78, 5) is 18.7. The topological polar surface area (TPSA) is 92.9 Å². The van der Waals surface area contributed by atoms with Crippen molar-refractivity contribution in [2.75, 3.05) is 11.9 Å². The van der Waals surface area contributed by atoms with Gasteiger partial charge in [-0.2, -0.15) is 5.10 Å². The fourth-order valence-corrected chi connectivity index (χ4v) is 1.83. The Labute approximate surface area is 116 Å². The van der Waals surface area contributed by atoms with Crippen LogP contribution >= 0.6 is 0 Å². The van der Waals surface area contributed by atoms with Crippen molar-refractivity contribution >= 4 is 11.8 Å². The van der Waals surface area contributed by atoms with Crippen LogP contribution in [0, 0.1) is 0 Å². The third-order valence-corrected chi connectivity index (χ3v) is 2.82. The molecule has 0 atom stereocenters. The van der Waals surface area contributed by atoms with Crippen LogP contribution in [-0.4, -0.2) is 37.4 Å². The molecule has 2 heterocycles. The number of nitrogens with zero attached hydrogens (tertiary/aromatic N) is 4. The number of carboxylic acid groups (broad SMARTS) is 1. The van der Waals surface area contributed by atoms with Gasteiger partial charge in [0.2, 0.25) is 0 Å². The van der Waals surface area contributed by atoms with E-state index in [-0.39, 0.29) is 6.42 Å². The molecule has 0 saturated heterocycles. The molecular formula is C13H17N5O2. The number of nitrogens with one attached hydrogen (secondary N) is 1. The van der Waals surface area contributed by atoms with Gasteiger partial charge in [0.1, 0.15) is 12.1 Å². The minimum atomic E-state index is -0.899. The molecule has 0 aliphatic rings. The van der Waals surface area contributed by atoms with Gasteiger partial charge in [0, 0.05) is 37.5 Å². The minimum absolute atomic E-state index is 0.0896. The van der Waals surface area contributed by atoms with Crippen LogP contribution in [0.15, 0.2) is 24.8 Å². The van der Waals surface area contributed by atoms with Gasteiger partial charge in [0.15, 0.2) is 0 Å². The summed E-state index contributed by atoms with van der Waals surface area (Å²) in [6.45, 7) is 3.53. The van der Waals surface area contributed by atoms with E-state index in [0.29, 0.717) is 17.9 Å². The van der Waals surface area contributed by atoms with E-state index in [2.05, 4.69) is 20.4 Å². The van der Waals surface area contributed by atoms with E-state index in [1.165, 1.54) is 12.5 Å². The van der Waals surface area contributed by atoms with Gasteiger partial charge in [0.25, 0.3) is 0 Å². The fraction of sp³-hybridized carbons (Fsp3) is 0.385. The standard InChI is InChI=1S/C13H17N5O2/c1-2-18-6-4-11(17-18)3-5-15-13-10(7-12(19)20)8-14-9-16-13/h4,6,8-9H,2-3,5,7H2,1H3,(H,19,20)(H,14,15,16). The smallest absolute Gasteiger partial charge is 0.308 e. The molecule has 7 heteroatoms. The summed E-state index contributed by atoms with van der Waals surface area (Å²) in [6, 6.07) is 1.98. The molecule has 0 spiro atoms. The number of aromatic nitrogens is 4. The largest absolute Gasteiger partial charge is 0.481 e. The maximum absolute atomic E-state index is 10.8. The van der Waals surface area contributed by atoms with Gasteiger partial charge in [-0.3, -0.25) is 9.48 Å². The number of hydrogen-bond donors (Lipinski definition) is 2. The quantitative estimate of drug-likeness (QED) is 0.782. The van der Waals surface area contributed by atoms with E-state index in [4.69, 9.17) is 5.11 Å². The molecule has 0 saturated carbocycles. The lowest BCUT2D eigenvalue weighted by Crippen LogP contribution is -2.11. The van der Waals surface area contributed by atoms with E-state index in [9.17, 15) is 4.79 Å². The molecule has 2 N–H and O–H groups in total. The predicted molar refractivity (Wildman–Crippen MR) is 73.5 cm³/mol. The molecular weight excluding hydrogens is 258 g/mol. The third kappa shape index (κ3) is 3.78. The van der Waals surface area contributed by atoms with Gasteiger partial charge < -0.3 is 10.4 Å². The highest BCUT2D eigenvalue weighted by molar-refractivity contribution is 5.72. The molecule has 7 nitrogen and oxygen atoms in total. The van der Waals surface area contributed by atoms with Crippen molar-refractivity contribution in [3.05, 3.63) is 36.0 Å². The lowest BCUT2D eigenvalue weighted by molar-refractivity contribution is -0.136. The molecule has 0 amide bonds. The number of anilines is 1. The average Bonchev–Trinajstić information content (AvgIpc) is 2.88. The number of carboxylic acids is 1. The minimum Gasteiger partial charge on any atom is -0.481 e. The Hall–Kier alpha value is -2.44. The first-order valence-electron chi connectivity index (χ1n) is 6.46. The SMILES string of the molecule is CCn1ccc(CCNc2ncncc2CC(=O)O)n1. The molecule has 20 heavy (non-hydrogen) atoms. The number of aliphatic carboxylic acids is 1. The monoisotopic (exact) mass is 275 g/mol. The predicted octanol–water partition coefficient (Wildman–Crippen LogP) is 0.975. The van der Waals surface area contributed by atoms with E-state index >= 15 is 0 Å². The third-order valence-electron chi connectivity index (χ3n) is 2.82. The van der Waals surface area contributed by atoms with Gasteiger partial charge in [-0.15, -0.1) is 0 Å². The first kappa shape index (κ1) is 14.0. The van der Waals surface area contributed by atoms with Crippen molar-refractivity contribution < 1.29 is 9.90 Å². The average molecular weight is 275 g/mol. The first-order chi connectivity index (χ1) is 9.69. The summed E-state index contributed by atoms with van der Waals surface area (Å²) in [5.74, 6) is -0.332. The maximum Gasteiger partial charge on any atom is 0.308 e. The highest BCUT2D eigenvalue weighted by Gasteiger charge is 2.08. The van der Waals surface area contributed by atoms with Gasteiger partial charge in [-0.1, -0.05) is 0 Å². The lowest BCUT2D eigenvalue weighted by Gasteiger charge is -2.08. The second kappa shape index (κ2) is 6.65. The van der Waals surface area contributed by atoms with Crippen molar-refractivity contribution in [1.82, 2.24) is 19.7 Å². The van der Waals surface area contributed by atoms with Gasteiger partial charge in [-0.05, 0) is 13.0 Å². The van der Waals surface area contributed by atoms with Crippen LogP contribution in [0.5, 0.6) is 0 Å². The molecule has 0 unspecified atom stereocenters. The molecule has 0 radical (unpaired) electrons. The normalized spacial score (nSPS) is 10.4. The summed E-state index contributed by atoms with van der Waals surface area (Å²) >= 11 is 0. The van der Waals surface area contributed by atoms with Crippen molar-refractivity contribution in [3.63, 3.8) is 0 Å². The lowest BCUT2D eigenvalue weighted by atomic mass is 10.2. The number of carbonyl (C=O) groups is 1. The fourth-order valence-electron chi connectivity index (χ4n) is 1.83. The van der Waals surface area contributed by atoms with E-state index in [1.54, 1.807) is 0 Å². The van der Waals surface area contributed by atoms with Crippen LogP contribution in [0.1, 0.15) is 18.2 Å². The van der Waals surface area contributed by atoms with Crippen molar-refractivity contribution in [3.8, 4) is 0 Å². The molecule has 2 aromatic heterocycles. The van der Waals surface area contributed by atoms with Crippen LogP contribution in [0.4, 0.5) is 5.82 Å². The van der Waals surface area contributed by atoms with Gasteiger partial charge in [-0.25, -0.2) is 9.97 Å². The molecule has 2 aromatic rings. The van der Waals surface area contributed by atoms with Crippen molar-refractivity contribution in [2.24, 2.45) is 0 Å².